The van der Waals surface area contributed by atoms with Crippen molar-refractivity contribution in [1.82, 2.24) is 0 Å². The number of para-hydroxylation sites is 1. The highest BCUT2D eigenvalue weighted by Crippen LogP contribution is 2.25. The molecular weight excluding hydrogens is 224 g/mol. The number of hydrogen-bond donors (Lipinski definition) is 1. The van der Waals surface area contributed by atoms with E-state index < -0.39 is 5.60 Å². The van der Waals surface area contributed by atoms with E-state index in [1.807, 2.05) is 30.3 Å². The van der Waals surface area contributed by atoms with Crippen LogP contribution in [-0.2, 0) is 5.60 Å². The summed E-state index contributed by atoms with van der Waals surface area (Å²) in [5, 5.41) is 9.90. The van der Waals surface area contributed by atoms with Crippen LogP contribution in [0.5, 0.6) is 11.5 Å². The number of benzene rings is 2. The summed E-state index contributed by atoms with van der Waals surface area (Å²) in [4.78, 5) is 0. The van der Waals surface area contributed by atoms with Crippen molar-refractivity contribution in [3.63, 3.8) is 0 Å². The maximum absolute atomic E-state index is 9.90. The minimum atomic E-state index is -1.24. The molecule has 0 saturated carbocycles. The second-order valence-corrected chi connectivity index (χ2v) is 4.16. The van der Waals surface area contributed by atoms with E-state index in [1.165, 1.54) is 0 Å². The monoisotopic (exact) mass is 238 g/mol. The van der Waals surface area contributed by atoms with E-state index in [1.54, 1.807) is 31.2 Å². The summed E-state index contributed by atoms with van der Waals surface area (Å²) >= 11 is 0. The molecule has 90 valence electrons. The van der Waals surface area contributed by atoms with Gasteiger partial charge in [0, 0.05) is 0 Å². The summed E-state index contributed by atoms with van der Waals surface area (Å²) in [7, 11) is 0. The molecule has 2 heteroatoms. The Bertz CT molecular complexity index is 548. The van der Waals surface area contributed by atoms with E-state index in [-0.39, 0.29) is 0 Å². The third-order valence-corrected chi connectivity index (χ3v) is 2.68. The smallest absolute Gasteiger partial charge is 0.147 e. The van der Waals surface area contributed by atoms with Crippen LogP contribution < -0.4 is 4.74 Å². The van der Waals surface area contributed by atoms with Gasteiger partial charge in [0.25, 0.3) is 0 Å². The van der Waals surface area contributed by atoms with Gasteiger partial charge in [-0.25, -0.2) is 0 Å². The number of aliphatic hydroxyl groups is 1. The van der Waals surface area contributed by atoms with Gasteiger partial charge in [0.1, 0.15) is 17.1 Å². The minimum absolute atomic E-state index is 0.672. The van der Waals surface area contributed by atoms with Crippen LogP contribution in [-0.4, -0.2) is 5.11 Å². The van der Waals surface area contributed by atoms with Gasteiger partial charge in [0.2, 0.25) is 0 Å². The molecule has 0 aliphatic heterocycles. The number of hydrogen-bond acceptors (Lipinski definition) is 2. The SMILES string of the molecule is C#CC(C)(O)c1ccc(Oc2ccccc2)cc1. The van der Waals surface area contributed by atoms with Crippen molar-refractivity contribution in [2.45, 2.75) is 12.5 Å². The summed E-state index contributed by atoms with van der Waals surface area (Å²) in [6.45, 7) is 1.58. The Balaban J connectivity index is 2.17. The first-order chi connectivity index (χ1) is 8.62. The Morgan fingerprint density at radius 3 is 2.11 bits per heavy atom. The van der Waals surface area contributed by atoms with E-state index in [2.05, 4.69) is 5.92 Å². The molecule has 0 amide bonds. The maximum atomic E-state index is 9.90. The zero-order valence-corrected chi connectivity index (χ0v) is 10.1. The fourth-order valence-electron chi connectivity index (χ4n) is 1.56. The Labute approximate surface area is 107 Å². The molecule has 2 aromatic rings. The van der Waals surface area contributed by atoms with Gasteiger partial charge in [-0.3, -0.25) is 0 Å². The van der Waals surface area contributed by atoms with Gasteiger partial charge in [-0.1, -0.05) is 36.3 Å². The van der Waals surface area contributed by atoms with Crippen molar-refractivity contribution in [3.8, 4) is 23.8 Å². The lowest BCUT2D eigenvalue weighted by Crippen LogP contribution is -2.17. The van der Waals surface area contributed by atoms with E-state index in [4.69, 9.17) is 11.2 Å². The van der Waals surface area contributed by atoms with Crippen LogP contribution in [0.3, 0.4) is 0 Å². The minimum Gasteiger partial charge on any atom is -0.457 e. The van der Waals surface area contributed by atoms with E-state index in [9.17, 15) is 5.11 Å². The summed E-state index contributed by atoms with van der Waals surface area (Å²) in [5.41, 5.74) is -0.573. The highest BCUT2D eigenvalue weighted by molar-refractivity contribution is 5.37. The summed E-state index contributed by atoms with van der Waals surface area (Å²) in [6, 6.07) is 16.6. The predicted molar refractivity (Wildman–Crippen MR) is 71.4 cm³/mol. The molecule has 0 spiro atoms. The number of ether oxygens (including phenoxy) is 1. The quantitative estimate of drug-likeness (QED) is 0.831. The van der Waals surface area contributed by atoms with Crippen molar-refractivity contribution in [2.75, 3.05) is 0 Å². The highest BCUT2D eigenvalue weighted by atomic mass is 16.5. The first-order valence-electron chi connectivity index (χ1n) is 5.65. The Kier molecular flexibility index (Phi) is 3.36. The molecule has 1 N–H and O–H groups in total. The van der Waals surface area contributed by atoms with Gasteiger partial charge in [-0.2, -0.15) is 0 Å². The first kappa shape index (κ1) is 12.2. The van der Waals surface area contributed by atoms with Gasteiger partial charge in [-0.15, -0.1) is 6.42 Å². The van der Waals surface area contributed by atoms with E-state index >= 15 is 0 Å². The molecule has 0 aliphatic rings. The zero-order valence-electron chi connectivity index (χ0n) is 10.1. The van der Waals surface area contributed by atoms with Gasteiger partial charge in [-0.05, 0) is 36.8 Å². The van der Waals surface area contributed by atoms with Gasteiger partial charge < -0.3 is 9.84 Å². The Morgan fingerprint density at radius 2 is 1.56 bits per heavy atom. The summed E-state index contributed by atoms with van der Waals surface area (Å²) < 4.78 is 5.65. The lowest BCUT2D eigenvalue weighted by Gasteiger charge is -2.16. The van der Waals surface area contributed by atoms with Crippen molar-refractivity contribution in [3.05, 3.63) is 60.2 Å². The molecule has 2 aromatic carbocycles. The highest BCUT2D eigenvalue weighted by Gasteiger charge is 2.19. The number of terminal acetylenes is 1. The second kappa shape index (κ2) is 4.95. The van der Waals surface area contributed by atoms with Crippen molar-refractivity contribution < 1.29 is 9.84 Å². The molecule has 0 aromatic heterocycles. The van der Waals surface area contributed by atoms with E-state index in [0.29, 0.717) is 11.3 Å². The summed E-state index contributed by atoms with van der Waals surface area (Å²) in [5.74, 6) is 3.82. The van der Waals surface area contributed by atoms with Gasteiger partial charge >= 0.3 is 0 Å². The van der Waals surface area contributed by atoms with Crippen LogP contribution in [0, 0.1) is 12.3 Å². The van der Waals surface area contributed by atoms with E-state index in [0.717, 1.165) is 5.75 Å². The van der Waals surface area contributed by atoms with Crippen LogP contribution in [0.15, 0.2) is 54.6 Å². The molecule has 0 radical (unpaired) electrons. The Hall–Kier alpha value is -2.24. The largest absolute Gasteiger partial charge is 0.457 e. The zero-order chi connectivity index (χ0) is 13.0. The standard InChI is InChI=1S/C16H14O2/c1-3-16(2,17)13-9-11-15(12-10-13)18-14-7-5-4-6-8-14/h1,4-12,17H,2H3. The Morgan fingerprint density at radius 1 is 1.00 bits per heavy atom. The van der Waals surface area contributed by atoms with Crippen molar-refractivity contribution in [2.24, 2.45) is 0 Å². The van der Waals surface area contributed by atoms with Crippen LogP contribution in [0.4, 0.5) is 0 Å². The first-order valence-corrected chi connectivity index (χ1v) is 5.65. The average molecular weight is 238 g/mol. The normalized spacial score (nSPS) is 13.4. The lowest BCUT2D eigenvalue weighted by atomic mass is 9.97. The maximum Gasteiger partial charge on any atom is 0.147 e. The molecule has 0 saturated heterocycles. The topological polar surface area (TPSA) is 29.5 Å². The third-order valence-electron chi connectivity index (χ3n) is 2.68. The average Bonchev–Trinajstić information content (AvgIpc) is 2.40. The molecule has 0 bridgehead atoms. The molecule has 1 unspecified atom stereocenters. The van der Waals surface area contributed by atoms with Crippen LogP contribution in [0.1, 0.15) is 12.5 Å². The van der Waals surface area contributed by atoms with Crippen LogP contribution in [0.2, 0.25) is 0 Å². The molecule has 18 heavy (non-hydrogen) atoms. The molecule has 2 rings (SSSR count). The van der Waals surface area contributed by atoms with Crippen molar-refractivity contribution in [1.29, 1.82) is 0 Å². The van der Waals surface area contributed by atoms with Gasteiger partial charge in [0.15, 0.2) is 0 Å². The molecular formula is C16H14O2. The molecule has 1 atom stereocenters. The van der Waals surface area contributed by atoms with Crippen molar-refractivity contribution >= 4 is 0 Å². The molecule has 0 heterocycles. The second-order valence-electron chi connectivity index (χ2n) is 4.16. The fourth-order valence-corrected chi connectivity index (χ4v) is 1.56. The predicted octanol–water partition coefficient (Wildman–Crippen LogP) is 3.32. The molecule has 0 fully saturated rings. The van der Waals surface area contributed by atoms with Crippen LogP contribution >= 0.6 is 0 Å². The summed E-state index contributed by atoms with van der Waals surface area (Å²) in [6.07, 6.45) is 5.27. The van der Waals surface area contributed by atoms with Crippen LogP contribution in [0.25, 0.3) is 0 Å². The molecule has 2 nitrogen and oxygen atoms in total. The lowest BCUT2D eigenvalue weighted by molar-refractivity contribution is 0.122. The molecule has 0 aliphatic carbocycles. The fraction of sp³-hybridized carbons (Fsp3) is 0.125. The third kappa shape index (κ3) is 2.71. The van der Waals surface area contributed by atoms with Gasteiger partial charge in [0.05, 0.1) is 0 Å². The number of rotatable bonds is 3.